The molecular weight excluding hydrogens is 374 g/mol. The first-order valence-corrected chi connectivity index (χ1v) is 9.55. The van der Waals surface area contributed by atoms with Crippen LogP contribution in [0.15, 0.2) is 42.5 Å². The van der Waals surface area contributed by atoms with E-state index in [4.69, 9.17) is 0 Å². The predicted molar refractivity (Wildman–Crippen MR) is 98.7 cm³/mol. The number of thioether (sulfide) groups is 1. The van der Waals surface area contributed by atoms with E-state index in [9.17, 15) is 23.2 Å². The number of benzene rings is 2. The smallest absolute Gasteiger partial charge is 0.262 e. The van der Waals surface area contributed by atoms with Crippen LogP contribution in [0.5, 0.6) is 0 Å². The fourth-order valence-electron chi connectivity index (χ4n) is 2.90. The van der Waals surface area contributed by atoms with Crippen molar-refractivity contribution < 1.29 is 23.2 Å². The highest BCUT2D eigenvalue weighted by atomic mass is 32.2. The highest BCUT2D eigenvalue weighted by molar-refractivity contribution is 7.98. The summed E-state index contributed by atoms with van der Waals surface area (Å²) in [5.41, 5.74) is 0.252. The van der Waals surface area contributed by atoms with E-state index in [1.807, 2.05) is 6.26 Å². The molecule has 1 aliphatic heterocycles. The fraction of sp³-hybridized carbons (Fsp3) is 0.211. The van der Waals surface area contributed by atoms with E-state index in [0.29, 0.717) is 11.8 Å². The van der Waals surface area contributed by atoms with E-state index in [1.165, 1.54) is 23.9 Å². The number of carbonyl (C=O) groups is 3. The van der Waals surface area contributed by atoms with Gasteiger partial charge in [-0.3, -0.25) is 19.3 Å². The first kappa shape index (κ1) is 19.0. The Morgan fingerprint density at radius 3 is 2.30 bits per heavy atom. The zero-order valence-corrected chi connectivity index (χ0v) is 15.2. The maximum Gasteiger partial charge on any atom is 0.262 e. The molecule has 1 N–H and O–H groups in total. The van der Waals surface area contributed by atoms with Gasteiger partial charge in [0.15, 0.2) is 0 Å². The number of nitrogens with zero attached hydrogens (tertiary/aromatic N) is 1. The van der Waals surface area contributed by atoms with Crippen molar-refractivity contribution in [2.24, 2.45) is 0 Å². The van der Waals surface area contributed by atoms with Crippen molar-refractivity contribution in [1.82, 2.24) is 4.90 Å². The van der Waals surface area contributed by atoms with Crippen molar-refractivity contribution in [3.8, 4) is 0 Å². The zero-order chi connectivity index (χ0) is 19.6. The summed E-state index contributed by atoms with van der Waals surface area (Å²) in [6.07, 6.45) is 2.04. The van der Waals surface area contributed by atoms with Gasteiger partial charge in [-0.2, -0.15) is 11.8 Å². The molecule has 3 amide bonds. The van der Waals surface area contributed by atoms with Crippen molar-refractivity contribution in [2.45, 2.75) is 12.5 Å². The van der Waals surface area contributed by atoms with Crippen LogP contribution in [0.1, 0.15) is 27.1 Å². The maximum atomic E-state index is 13.9. The SMILES string of the molecule is CSCC[C@@H](C(=O)Nc1ccc(F)cc1F)N1C(=O)c2ccccc2C1=O. The Bertz CT molecular complexity index is 885. The molecule has 1 atom stereocenters. The minimum atomic E-state index is -1.10. The van der Waals surface area contributed by atoms with Gasteiger partial charge in [0.25, 0.3) is 11.8 Å². The Labute approximate surface area is 158 Å². The normalized spacial score (nSPS) is 14.3. The van der Waals surface area contributed by atoms with Gasteiger partial charge in [-0.05, 0) is 42.7 Å². The van der Waals surface area contributed by atoms with Gasteiger partial charge in [-0.1, -0.05) is 12.1 Å². The zero-order valence-electron chi connectivity index (χ0n) is 14.4. The molecule has 0 fully saturated rings. The summed E-state index contributed by atoms with van der Waals surface area (Å²) in [6, 6.07) is 7.98. The van der Waals surface area contributed by atoms with Crippen molar-refractivity contribution in [3.63, 3.8) is 0 Å². The Hall–Kier alpha value is -2.74. The Morgan fingerprint density at radius 2 is 1.74 bits per heavy atom. The Morgan fingerprint density at radius 1 is 1.11 bits per heavy atom. The maximum absolute atomic E-state index is 13.9. The van der Waals surface area contributed by atoms with Crippen LogP contribution in [0.4, 0.5) is 14.5 Å². The molecule has 27 heavy (non-hydrogen) atoms. The highest BCUT2D eigenvalue weighted by Crippen LogP contribution is 2.27. The van der Waals surface area contributed by atoms with Gasteiger partial charge in [-0.25, -0.2) is 8.78 Å². The number of carbonyl (C=O) groups excluding carboxylic acids is 3. The lowest BCUT2D eigenvalue weighted by atomic mass is 10.1. The van der Waals surface area contributed by atoms with E-state index in [2.05, 4.69) is 5.32 Å². The lowest BCUT2D eigenvalue weighted by Gasteiger charge is -2.25. The standard InChI is InChI=1S/C19H16F2N2O3S/c1-27-9-8-16(17(24)22-15-7-6-11(20)10-14(15)21)23-18(25)12-4-2-3-5-13(12)19(23)26/h2-7,10,16H,8-9H2,1H3,(H,22,24)/t16-/m0/s1. The van der Waals surface area contributed by atoms with Crippen LogP contribution in [0, 0.1) is 11.6 Å². The number of anilines is 1. The molecule has 0 saturated heterocycles. The predicted octanol–water partition coefficient (Wildman–Crippen LogP) is 3.32. The topological polar surface area (TPSA) is 66.5 Å². The van der Waals surface area contributed by atoms with Gasteiger partial charge in [0.2, 0.25) is 5.91 Å². The highest BCUT2D eigenvalue weighted by Gasteiger charge is 2.42. The molecule has 0 aliphatic carbocycles. The third-order valence-corrected chi connectivity index (χ3v) is 4.87. The molecule has 0 aromatic heterocycles. The molecule has 0 unspecified atom stereocenters. The minimum Gasteiger partial charge on any atom is -0.322 e. The van der Waals surface area contributed by atoms with Crippen molar-refractivity contribution in [3.05, 3.63) is 65.2 Å². The van der Waals surface area contributed by atoms with E-state index in [1.54, 1.807) is 12.1 Å². The van der Waals surface area contributed by atoms with Crippen molar-refractivity contribution in [2.75, 3.05) is 17.3 Å². The van der Waals surface area contributed by atoms with Crippen LogP contribution in [-0.4, -0.2) is 40.7 Å². The first-order chi connectivity index (χ1) is 12.9. The lowest BCUT2D eigenvalue weighted by Crippen LogP contribution is -2.47. The molecule has 8 heteroatoms. The summed E-state index contributed by atoms with van der Waals surface area (Å²) in [4.78, 5) is 39.0. The van der Waals surface area contributed by atoms with Crippen LogP contribution in [0.2, 0.25) is 0 Å². The second-order valence-electron chi connectivity index (χ2n) is 5.94. The Kier molecular flexibility index (Phi) is 5.55. The molecule has 3 rings (SSSR count). The molecule has 0 spiro atoms. The molecule has 0 bridgehead atoms. The average molecular weight is 390 g/mol. The first-order valence-electron chi connectivity index (χ1n) is 8.15. The quantitative estimate of drug-likeness (QED) is 0.769. The molecule has 140 valence electrons. The molecule has 1 heterocycles. The monoisotopic (exact) mass is 390 g/mol. The van der Waals surface area contributed by atoms with Crippen molar-refractivity contribution >= 4 is 35.2 Å². The number of imide groups is 1. The molecule has 5 nitrogen and oxygen atoms in total. The summed E-state index contributed by atoms with van der Waals surface area (Å²) in [7, 11) is 0. The fourth-order valence-corrected chi connectivity index (χ4v) is 3.36. The number of hydrogen-bond donors (Lipinski definition) is 1. The van der Waals surface area contributed by atoms with Gasteiger partial charge in [0, 0.05) is 6.07 Å². The second kappa shape index (κ2) is 7.87. The number of halogens is 2. The second-order valence-corrected chi connectivity index (χ2v) is 6.92. The largest absolute Gasteiger partial charge is 0.322 e. The summed E-state index contributed by atoms with van der Waals surface area (Å²) in [5, 5.41) is 2.36. The van der Waals surface area contributed by atoms with E-state index < -0.39 is 35.4 Å². The van der Waals surface area contributed by atoms with Crippen LogP contribution in [0.3, 0.4) is 0 Å². The van der Waals surface area contributed by atoms with Gasteiger partial charge >= 0.3 is 0 Å². The van der Waals surface area contributed by atoms with Gasteiger partial charge < -0.3 is 5.32 Å². The van der Waals surface area contributed by atoms with Crippen molar-refractivity contribution in [1.29, 1.82) is 0 Å². The van der Waals surface area contributed by atoms with Gasteiger partial charge in [-0.15, -0.1) is 0 Å². The van der Waals surface area contributed by atoms with Crippen LogP contribution in [0.25, 0.3) is 0 Å². The molecule has 0 radical (unpaired) electrons. The van der Waals surface area contributed by atoms with Crippen LogP contribution >= 0.6 is 11.8 Å². The number of amides is 3. The third-order valence-electron chi connectivity index (χ3n) is 4.22. The average Bonchev–Trinajstić information content (AvgIpc) is 2.90. The molecule has 1 aliphatic rings. The minimum absolute atomic E-state index is 0.210. The molecule has 2 aromatic carbocycles. The number of hydrogen-bond acceptors (Lipinski definition) is 4. The lowest BCUT2D eigenvalue weighted by molar-refractivity contribution is -0.120. The Balaban J connectivity index is 1.89. The van der Waals surface area contributed by atoms with E-state index in [-0.39, 0.29) is 23.2 Å². The van der Waals surface area contributed by atoms with E-state index in [0.717, 1.165) is 17.0 Å². The summed E-state index contributed by atoms with van der Waals surface area (Å²) < 4.78 is 26.9. The third kappa shape index (κ3) is 3.71. The summed E-state index contributed by atoms with van der Waals surface area (Å²) in [5.74, 6) is -3.02. The summed E-state index contributed by atoms with van der Waals surface area (Å²) >= 11 is 1.45. The van der Waals surface area contributed by atoms with Gasteiger partial charge in [0.05, 0.1) is 16.8 Å². The number of rotatable bonds is 6. The van der Waals surface area contributed by atoms with Gasteiger partial charge in [0.1, 0.15) is 17.7 Å². The summed E-state index contributed by atoms with van der Waals surface area (Å²) in [6.45, 7) is 0. The van der Waals surface area contributed by atoms with Crippen LogP contribution in [-0.2, 0) is 4.79 Å². The molecule has 0 saturated carbocycles. The van der Waals surface area contributed by atoms with E-state index >= 15 is 0 Å². The molecule has 2 aromatic rings. The number of fused-ring (bicyclic) bond motifs is 1. The molecular formula is C19H16F2N2O3S. The van der Waals surface area contributed by atoms with Crippen LogP contribution < -0.4 is 5.32 Å². The number of nitrogens with one attached hydrogen (secondary N) is 1.